The Morgan fingerprint density at radius 3 is 3.00 bits per heavy atom. The molecule has 0 spiro atoms. The van der Waals surface area contributed by atoms with Crippen LogP contribution in [-0.4, -0.2) is 44.1 Å². The molecule has 0 saturated carbocycles. The van der Waals surface area contributed by atoms with Crippen LogP contribution >= 0.6 is 12.4 Å². The topological polar surface area (TPSA) is 41.6 Å². The first-order valence-electron chi connectivity index (χ1n) is 6.79. The van der Waals surface area contributed by atoms with Gasteiger partial charge in [-0.2, -0.15) is 0 Å². The fourth-order valence-corrected chi connectivity index (χ4v) is 2.54. The predicted molar refractivity (Wildman–Crippen MR) is 82.4 cm³/mol. The number of hydrogen-bond acceptors (Lipinski definition) is 3. The largest absolute Gasteiger partial charge is 0.380 e. The third kappa shape index (κ3) is 4.20. The summed E-state index contributed by atoms with van der Waals surface area (Å²) in [6.45, 7) is 2.19. The number of likely N-dealkylation sites (tertiary alicyclic amines) is 1. The smallest absolute Gasteiger partial charge is 0.253 e. The minimum Gasteiger partial charge on any atom is -0.380 e. The molecule has 1 aromatic carbocycles. The summed E-state index contributed by atoms with van der Waals surface area (Å²) >= 11 is 0. The first-order chi connectivity index (χ1) is 9.24. The number of ether oxygens (including phenoxy) is 1. The number of carbonyl (C=O) groups excluding carboxylic acids is 1. The quantitative estimate of drug-likeness (QED) is 0.925. The van der Waals surface area contributed by atoms with E-state index in [1.807, 2.05) is 36.2 Å². The van der Waals surface area contributed by atoms with E-state index in [1.165, 1.54) is 0 Å². The lowest BCUT2D eigenvalue weighted by atomic mass is 10.0. The molecule has 1 fully saturated rings. The average molecular weight is 299 g/mol. The van der Waals surface area contributed by atoms with Crippen LogP contribution in [0.2, 0.25) is 0 Å². The molecule has 112 valence electrons. The zero-order chi connectivity index (χ0) is 13.7. The maximum atomic E-state index is 12.5. The van der Waals surface area contributed by atoms with Crippen LogP contribution in [0.15, 0.2) is 24.3 Å². The molecule has 1 saturated heterocycles. The number of carbonyl (C=O) groups is 1. The van der Waals surface area contributed by atoms with E-state index >= 15 is 0 Å². The molecule has 1 aliphatic heterocycles. The maximum Gasteiger partial charge on any atom is 0.253 e. The SMILES string of the molecule is CNC1CCCN(C(=O)c2cccc(COC)c2)C1.Cl. The summed E-state index contributed by atoms with van der Waals surface area (Å²) in [5.41, 5.74) is 1.79. The average Bonchev–Trinajstić information content (AvgIpc) is 2.47. The van der Waals surface area contributed by atoms with Crippen molar-refractivity contribution in [2.75, 3.05) is 27.2 Å². The van der Waals surface area contributed by atoms with Gasteiger partial charge in [0.25, 0.3) is 5.91 Å². The summed E-state index contributed by atoms with van der Waals surface area (Å²) in [5.74, 6) is 0.123. The summed E-state index contributed by atoms with van der Waals surface area (Å²) in [6, 6.07) is 8.12. The van der Waals surface area contributed by atoms with Crippen LogP contribution in [0.25, 0.3) is 0 Å². The zero-order valence-electron chi connectivity index (χ0n) is 12.1. The number of amides is 1. The van der Waals surface area contributed by atoms with Crippen LogP contribution < -0.4 is 5.32 Å². The highest BCUT2D eigenvalue weighted by atomic mass is 35.5. The van der Waals surface area contributed by atoms with Gasteiger partial charge in [-0.1, -0.05) is 12.1 Å². The second kappa shape index (κ2) is 8.25. The fraction of sp³-hybridized carbons (Fsp3) is 0.533. The number of likely N-dealkylation sites (N-methyl/N-ethyl adjacent to an activating group) is 1. The van der Waals surface area contributed by atoms with Gasteiger partial charge in [0.1, 0.15) is 0 Å². The first-order valence-corrected chi connectivity index (χ1v) is 6.79. The van der Waals surface area contributed by atoms with E-state index in [9.17, 15) is 4.79 Å². The molecule has 0 bridgehead atoms. The van der Waals surface area contributed by atoms with Crippen LogP contribution in [0, 0.1) is 0 Å². The molecule has 0 radical (unpaired) electrons. The van der Waals surface area contributed by atoms with Gasteiger partial charge in [0.05, 0.1) is 6.61 Å². The Balaban J connectivity index is 0.00000200. The number of hydrogen-bond donors (Lipinski definition) is 1. The van der Waals surface area contributed by atoms with E-state index in [-0.39, 0.29) is 18.3 Å². The Bertz CT molecular complexity index is 440. The number of benzene rings is 1. The summed E-state index contributed by atoms with van der Waals surface area (Å²) in [5, 5.41) is 3.26. The van der Waals surface area contributed by atoms with Crippen molar-refractivity contribution in [2.24, 2.45) is 0 Å². The van der Waals surface area contributed by atoms with Gasteiger partial charge in [-0.25, -0.2) is 0 Å². The lowest BCUT2D eigenvalue weighted by molar-refractivity contribution is 0.0698. The summed E-state index contributed by atoms with van der Waals surface area (Å²) < 4.78 is 5.11. The third-order valence-corrected chi connectivity index (χ3v) is 3.60. The lowest BCUT2D eigenvalue weighted by Gasteiger charge is -2.32. The van der Waals surface area contributed by atoms with Crippen LogP contribution in [0.5, 0.6) is 0 Å². The molecule has 1 aromatic rings. The molecule has 1 unspecified atom stereocenters. The second-order valence-corrected chi connectivity index (χ2v) is 5.01. The lowest BCUT2D eigenvalue weighted by Crippen LogP contribution is -2.46. The normalized spacial score (nSPS) is 18.5. The van der Waals surface area contributed by atoms with Crippen molar-refractivity contribution in [3.8, 4) is 0 Å². The van der Waals surface area contributed by atoms with Gasteiger partial charge in [-0.05, 0) is 37.6 Å². The van der Waals surface area contributed by atoms with Gasteiger partial charge in [0, 0.05) is 31.8 Å². The summed E-state index contributed by atoms with van der Waals surface area (Å²) in [4.78, 5) is 14.4. The van der Waals surface area contributed by atoms with Crippen molar-refractivity contribution < 1.29 is 9.53 Å². The van der Waals surface area contributed by atoms with Crippen LogP contribution in [0.4, 0.5) is 0 Å². The molecular formula is C15H23ClN2O2. The number of rotatable bonds is 4. The third-order valence-electron chi connectivity index (χ3n) is 3.60. The number of methoxy groups -OCH3 is 1. The Hall–Kier alpha value is -1.10. The molecule has 0 aliphatic carbocycles. The number of piperidine rings is 1. The molecular weight excluding hydrogens is 276 g/mol. The van der Waals surface area contributed by atoms with Crippen molar-refractivity contribution in [1.82, 2.24) is 10.2 Å². The number of nitrogens with one attached hydrogen (secondary N) is 1. The summed E-state index contributed by atoms with van der Waals surface area (Å²) in [7, 11) is 3.62. The van der Waals surface area contributed by atoms with E-state index < -0.39 is 0 Å². The second-order valence-electron chi connectivity index (χ2n) is 5.01. The summed E-state index contributed by atoms with van der Waals surface area (Å²) in [6.07, 6.45) is 2.21. The van der Waals surface area contributed by atoms with E-state index in [0.29, 0.717) is 12.6 Å². The minimum absolute atomic E-state index is 0. The molecule has 2 rings (SSSR count). The molecule has 1 aliphatic rings. The van der Waals surface area contributed by atoms with E-state index in [4.69, 9.17) is 4.74 Å². The first kappa shape index (κ1) is 17.0. The number of nitrogens with zero attached hydrogens (tertiary/aromatic N) is 1. The Kier molecular flexibility index (Phi) is 6.99. The van der Waals surface area contributed by atoms with Crippen LogP contribution in [0.3, 0.4) is 0 Å². The van der Waals surface area contributed by atoms with Gasteiger partial charge >= 0.3 is 0 Å². The van der Waals surface area contributed by atoms with Gasteiger partial charge in [0.2, 0.25) is 0 Å². The van der Waals surface area contributed by atoms with E-state index in [2.05, 4.69) is 5.32 Å². The van der Waals surface area contributed by atoms with Gasteiger partial charge in [0.15, 0.2) is 0 Å². The molecule has 5 heteroatoms. The molecule has 20 heavy (non-hydrogen) atoms. The van der Waals surface area contributed by atoms with E-state index in [0.717, 1.165) is 37.1 Å². The monoisotopic (exact) mass is 298 g/mol. The fourth-order valence-electron chi connectivity index (χ4n) is 2.54. The van der Waals surface area contributed by atoms with Gasteiger partial charge in [-0.3, -0.25) is 4.79 Å². The van der Waals surface area contributed by atoms with Crippen molar-refractivity contribution in [3.05, 3.63) is 35.4 Å². The van der Waals surface area contributed by atoms with Crippen molar-refractivity contribution in [1.29, 1.82) is 0 Å². The Morgan fingerprint density at radius 2 is 2.30 bits per heavy atom. The Morgan fingerprint density at radius 1 is 1.50 bits per heavy atom. The standard InChI is InChI=1S/C15H22N2O2.ClH/c1-16-14-7-4-8-17(10-14)15(18)13-6-3-5-12(9-13)11-19-2;/h3,5-6,9,14,16H,4,7-8,10-11H2,1-2H3;1H. The van der Waals surface area contributed by atoms with Crippen molar-refractivity contribution >= 4 is 18.3 Å². The van der Waals surface area contributed by atoms with Crippen LogP contribution in [-0.2, 0) is 11.3 Å². The van der Waals surface area contributed by atoms with Crippen LogP contribution in [0.1, 0.15) is 28.8 Å². The molecule has 1 amide bonds. The van der Waals surface area contributed by atoms with E-state index in [1.54, 1.807) is 7.11 Å². The molecule has 4 nitrogen and oxygen atoms in total. The highest BCUT2D eigenvalue weighted by Gasteiger charge is 2.23. The highest BCUT2D eigenvalue weighted by Crippen LogP contribution is 2.15. The maximum absolute atomic E-state index is 12.5. The predicted octanol–water partition coefficient (Wildman–Crippen LogP) is 2.08. The molecule has 1 atom stereocenters. The molecule has 0 aromatic heterocycles. The zero-order valence-corrected chi connectivity index (χ0v) is 12.9. The highest BCUT2D eigenvalue weighted by molar-refractivity contribution is 5.94. The number of halogens is 1. The Labute approximate surface area is 126 Å². The van der Waals surface area contributed by atoms with Crippen molar-refractivity contribution in [2.45, 2.75) is 25.5 Å². The van der Waals surface area contributed by atoms with Gasteiger partial charge in [-0.15, -0.1) is 12.4 Å². The molecule has 1 heterocycles. The minimum atomic E-state index is 0. The van der Waals surface area contributed by atoms with Crippen molar-refractivity contribution in [3.63, 3.8) is 0 Å². The van der Waals surface area contributed by atoms with Gasteiger partial charge < -0.3 is 15.0 Å². The molecule has 1 N–H and O–H groups in total.